The van der Waals surface area contributed by atoms with Crippen molar-refractivity contribution in [1.29, 1.82) is 0 Å². The number of anilines is 1. The Morgan fingerprint density at radius 2 is 1.95 bits per heavy atom. The summed E-state index contributed by atoms with van der Waals surface area (Å²) in [6.07, 6.45) is 1.80. The van der Waals surface area contributed by atoms with Gasteiger partial charge in [-0.15, -0.1) is 0 Å². The van der Waals surface area contributed by atoms with Crippen molar-refractivity contribution in [2.45, 2.75) is 13.5 Å². The molecule has 0 atom stereocenters. The Labute approximate surface area is 128 Å². The van der Waals surface area contributed by atoms with Crippen molar-refractivity contribution in [3.63, 3.8) is 0 Å². The fourth-order valence-electron chi connectivity index (χ4n) is 2.04. The van der Waals surface area contributed by atoms with Gasteiger partial charge < -0.3 is 19.7 Å². The lowest BCUT2D eigenvalue weighted by molar-refractivity contribution is 0.0515. The number of aromatic nitrogens is 1. The zero-order valence-electron chi connectivity index (χ0n) is 12.5. The zero-order chi connectivity index (χ0) is 16.1. The molecule has 0 radical (unpaired) electrons. The van der Waals surface area contributed by atoms with Crippen LogP contribution in [0, 0.1) is 0 Å². The van der Waals surface area contributed by atoms with Crippen LogP contribution in [0.5, 0.6) is 0 Å². The Kier molecular flexibility index (Phi) is 4.83. The summed E-state index contributed by atoms with van der Waals surface area (Å²) in [5.74, 6) is -1.30. The summed E-state index contributed by atoms with van der Waals surface area (Å²) < 4.78 is 6.68. The number of aromatic carboxylic acids is 1. The highest BCUT2D eigenvalue weighted by Gasteiger charge is 2.12. The molecule has 0 aliphatic carbocycles. The van der Waals surface area contributed by atoms with E-state index >= 15 is 0 Å². The second-order valence-electron chi connectivity index (χ2n) is 4.80. The molecule has 2 rings (SSSR count). The number of esters is 1. The topological polar surface area (TPSA) is 80.6 Å². The number of carbonyl (C=O) groups excluding carboxylic acids is 1. The molecule has 2 N–H and O–H groups in total. The van der Waals surface area contributed by atoms with Crippen LogP contribution in [0.3, 0.4) is 0 Å². The van der Waals surface area contributed by atoms with Crippen molar-refractivity contribution in [1.82, 2.24) is 4.57 Å². The molecule has 1 aromatic carbocycles. The molecular formula is C16H18N2O4. The molecule has 2 aromatic rings. The van der Waals surface area contributed by atoms with Gasteiger partial charge in [-0.25, -0.2) is 9.59 Å². The van der Waals surface area contributed by atoms with Crippen LogP contribution in [-0.2, 0) is 18.3 Å². The third-order valence-corrected chi connectivity index (χ3v) is 3.19. The average molecular weight is 302 g/mol. The van der Waals surface area contributed by atoms with Crippen LogP contribution in [0.15, 0.2) is 36.5 Å². The number of carboxylic acids is 1. The Morgan fingerprint density at radius 1 is 1.27 bits per heavy atom. The predicted octanol–water partition coefficient (Wildman–Crippen LogP) is 2.51. The van der Waals surface area contributed by atoms with Crippen molar-refractivity contribution >= 4 is 17.6 Å². The largest absolute Gasteiger partial charge is 0.478 e. The number of hydrogen-bond acceptors (Lipinski definition) is 4. The fourth-order valence-corrected chi connectivity index (χ4v) is 2.04. The van der Waals surface area contributed by atoms with Crippen molar-refractivity contribution in [2.24, 2.45) is 7.05 Å². The smallest absolute Gasteiger partial charge is 0.355 e. The number of ether oxygens (including phenoxy) is 1. The highest BCUT2D eigenvalue weighted by atomic mass is 16.5. The molecule has 0 amide bonds. The van der Waals surface area contributed by atoms with E-state index in [-0.39, 0.29) is 11.5 Å². The third kappa shape index (κ3) is 3.66. The van der Waals surface area contributed by atoms with Crippen LogP contribution in [0.4, 0.5) is 5.69 Å². The lowest BCUT2D eigenvalue weighted by Crippen LogP contribution is -2.08. The van der Waals surface area contributed by atoms with Gasteiger partial charge in [0, 0.05) is 19.8 Å². The number of carboxylic acid groups (broad SMARTS) is 1. The molecule has 6 nitrogen and oxygen atoms in total. The monoisotopic (exact) mass is 302 g/mol. The summed E-state index contributed by atoms with van der Waals surface area (Å²) in [6.45, 7) is 2.63. The fraction of sp³-hybridized carbons (Fsp3) is 0.250. The molecule has 0 fully saturated rings. The van der Waals surface area contributed by atoms with Gasteiger partial charge in [-0.05, 0) is 30.7 Å². The van der Waals surface area contributed by atoms with Crippen molar-refractivity contribution < 1.29 is 19.4 Å². The molecule has 0 aliphatic rings. The van der Waals surface area contributed by atoms with Gasteiger partial charge in [-0.1, -0.05) is 12.1 Å². The SMILES string of the molecule is CCOC(=O)c1cc(NCc2ccc(C(=O)O)cc2)cn1C. The number of hydrogen-bond donors (Lipinski definition) is 2. The van der Waals surface area contributed by atoms with Crippen molar-refractivity contribution in [2.75, 3.05) is 11.9 Å². The van der Waals surface area contributed by atoms with E-state index in [1.54, 1.807) is 55.1 Å². The van der Waals surface area contributed by atoms with Gasteiger partial charge in [-0.2, -0.15) is 0 Å². The average Bonchev–Trinajstić information content (AvgIpc) is 2.87. The summed E-state index contributed by atoms with van der Waals surface area (Å²) >= 11 is 0. The molecule has 22 heavy (non-hydrogen) atoms. The number of carbonyl (C=O) groups is 2. The number of aryl methyl sites for hydroxylation is 1. The number of benzene rings is 1. The van der Waals surface area contributed by atoms with Gasteiger partial charge in [0.1, 0.15) is 5.69 Å². The maximum atomic E-state index is 11.7. The minimum Gasteiger partial charge on any atom is -0.478 e. The number of nitrogens with one attached hydrogen (secondary N) is 1. The first kappa shape index (κ1) is 15.6. The Hall–Kier alpha value is -2.76. The van der Waals surface area contributed by atoms with E-state index in [1.165, 1.54) is 0 Å². The highest BCUT2D eigenvalue weighted by molar-refractivity contribution is 5.89. The van der Waals surface area contributed by atoms with E-state index < -0.39 is 5.97 Å². The van der Waals surface area contributed by atoms with Crippen LogP contribution in [-0.4, -0.2) is 28.2 Å². The van der Waals surface area contributed by atoms with E-state index in [1.807, 2.05) is 0 Å². The predicted molar refractivity (Wildman–Crippen MR) is 82.1 cm³/mol. The van der Waals surface area contributed by atoms with E-state index in [2.05, 4.69) is 5.32 Å². The molecule has 6 heteroatoms. The summed E-state index contributed by atoms with van der Waals surface area (Å²) in [6, 6.07) is 8.36. The summed E-state index contributed by atoms with van der Waals surface area (Å²) in [4.78, 5) is 22.5. The molecule has 1 aromatic heterocycles. The Balaban J connectivity index is 2.01. The molecule has 1 heterocycles. The third-order valence-electron chi connectivity index (χ3n) is 3.19. The first-order valence-electron chi connectivity index (χ1n) is 6.91. The number of rotatable bonds is 6. The maximum absolute atomic E-state index is 11.7. The standard InChI is InChI=1S/C16H18N2O4/c1-3-22-16(21)14-8-13(10-18(14)2)17-9-11-4-6-12(7-5-11)15(19)20/h4-8,10,17H,3,9H2,1-2H3,(H,19,20). The lowest BCUT2D eigenvalue weighted by atomic mass is 10.1. The van der Waals surface area contributed by atoms with Gasteiger partial charge >= 0.3 is 11.9 Å². The van der Waals surface area contributed by atoms with Crippen LogP contribution in [0.2, 0.25) is 0 Å². The van der Waals surface area contributed by atoms with Crippen LogP contribution in [0.1, 0.15) is 33.3 Å². The molecule has 116 valence electrons. The second kappa shape index (κ2) is 6.80. The first-order chi connectivity index (χ1) is 10.5. The molecule has 0 unspecified atom stereocenters. The van der Waals surface area contributed by atoms with E-state index in [0.717, 1.165) is 11.3 Å². The first-order valence-corrected chi connectivity index (χ1v) is 6.91. The lowest BCUT2D eigenvalue weighted by Gasteiger charge is -2.04. The van der Waals surface area contributed by atoms with Crippen LogP contribution < -0.4 is 5.32 Å². The van der Waals surface area contributed by atoms with Gasteiger partial charge in [-0.3, -0.25) is 0 Å². The molecule has 0 saturated carbocycles. The van der Waals surface area contributed by atoms with E-state index in [0.29, 0.717) is 18.8 Å². The molecule has 0 bridgehead atoms. The Morgan fingerprint density at radius 3 is 2.55 bits per heavy atom. The summed E-state index contributed by atoms with van der Waals surface area (Å²) in [5.41, 5.74) is 2.48. The Bertz CT molecular complexity index is 674. The highest BCUT2D eigenvalue weighted by Crippen LogP contribution is 2.15. The van der Waals surface area contributed by atoms with Gasteiger partial charge in [0.15, 0.2) is 0 Å². The van der Waals surface area contributed by atoms with Gasteiger partial charge in [0.05, 0.1) is 17.9 Å². The minimum atomic E-state index is -0.943. The molecule has 0 spiro atoms. The summed E-state index contributed by atoms with van der Waals surface area (Å²) in [5, 5.41) is 12.0. The second-order valence-corrected chi connectivity index (χ2v) is 4.80. The molecule has 0 saturated heterocycles. The minimum absolute atomic E-state index is 0.257. The quantitative estimate of drug-likeness (QED) is 0.801. The van der Waals surface area contributed by atoms with E-state index in [4.69, 9.17) is 9.84 Å². The van der Waals surface area contributed by atoms with Crippen molar-refractivity contribution in [3.05, 3.63) is 53.3 Å². The summed E-state index contributed by atoms with van der Waals surface area (Å²) in [7, 11) is 1.78. The number of nitrogens with zero attached hydrogens (tertiary/aromatic N) is 1. The molecular weight excluding hydrogens is 284 g/mol. The normalized spacial score (nSPS) is 10.3. The van der Waals surface area contributed by atoms with Crippen LogP contribution in [0.25, 0.3) is 0 Å². The molecule has 0 aliphatic heterocycles. The van der Waals surface area contributed by atoms with E-state index in [9.17, 15) is 9.59 Å². The zero-order valence-corrected chi connectivity index (χ0v) is 12.5. The van der Waals surface area contributed by atoms with Gasteiger partial charge in [0.25, 0.3) is 0 Å². The van der Waals surface area contributed by atoms with Gasteiger partial charge in [0.2, 0.25) is 0 Å². The van der Waals surface area contributed by atoms with Crippen molar-refractivity contribution in [3.8, 4) is 0 Å². The van der Waals surface area contributed by atoms with Crippen LogP contribution >= 0.6 is 0 Å². The maximum Gasteiger partial charge on any atom is 0.355 e.